The summed E-state index contributed by atoms with van der Waals surface area (Å²) < 4.78 is 5.13. The average Bonchev–Trinajstić information content (AvgIpc) is 2.25. The van der Waals surface area contributed by atoms with Gasteiger partial charge in [0.25, 0.3) is 0 Å². The smallest absolute Gasteiger partial charge is 0.310 e. The second-order valence-electron chi connectivity index (χ2n) is 3.55. The number of ether oxygens (including phenoxy) is 1. The molecule has 1 unspecified atom stereocenters. The molecule has 0 aliphatic heterocycles. The Balaban J connectivity index is 2.85. The monoisotopic (exact) mass is 239 g/mol. The third kappa shape index (κ3) is 3.42. The van der Waals surface area contributed by atoms with Crippen LogP contribution < -0.4 is 16.2 Å². The summed E-state index contributed by atoms with van der Waals surface area (Å²) in [5.74, 6) is -0.646. The van der Waals surface area contributed by atoms with E-state index in [0.717, 1.165) is 5.56 Å². The lowest BCUT2D eigenvalue weighted by Crippen LogP contribution is -2.41. The van der Waals surface area contributed by atoms with Gasteiger partial charge in [0, 0.05) is 6.07 Å². The number of aryl methyl sites for hydroxylation is 1. The number of nitro benzene ring substituents is 1. The van der Waals surface area contributed by atoms with Gasteiger partial charge >= 0.3 is 5.69 Å². The quantitative estimate of drug-likeness (QED) is 0.557. The second kappa shape index (κ2) is 5.26. The number of carbonyl (C=O) groups is 1. The molecular weight excluding hydrogens is 226 g/mol. The summed E-state index contributed by atoms with van der Waals surface area (Å²) in [6, 6.07) is 3.45. The van der Waals surface area contributed by atoms with Crippen LogP contribution in [0.2, 0.25) is 0 Å². The van der Waals surface area contributed by atoms with Crippen molar-refractivity contribution in [1.82, 2.24) is 0 Å². The van der Waals surface area contributed by atoms with E-state index in [0.29, 0.717) is 0 Å². The zero-order chi connectivity index (χ0) is 13.0. The topological polar surface area (TPSA) is 121 Å². The van der Waals surface area contributed by atoms with Gasteiger partial charge in [0.2, 0.25) is 5.91 Å². The molecule has 1 amide bonds. The van der Waals surface area contributed by atoms with Crippen molar-refractivity contribution < 1.29 is 14.5 Å². The van der Waals surface area contributed by atoms with E-state index in [9.17, 15) is 14.9 Å². The van der Waals surface area contributed by atoms with E-state index in [2.05, 4.69) is 0 Å². The fraction of sp³-hybridized carbons (Fsp3) is 0.300. The summed E-state index contributed by atoms with van der Waals surface area (Å²) >= 11 is 0. The van der Waals surface area contributed by atoms with Crippen LogP contribution in [-0.4, -0.2) is 23.5 Å². The van der Waals surface area contributed by atoms with E-state index in [1.54, 1.807) is 13.0 Å². The van der Waals surface area contributed by atoms with Gasteiger partial charge in [-0.3, -0.25) is 14.9 Å². The molecular formula is C10H13N3O4. The van der Waals surface area contributed by atoms with Crippen LogP contribution >= 0.6 is 0 Å². The molecule has 7 nitrogen and oxygen atoms in total. The normalized spacial score (nSPS) is 11.9. The van der Waals surface area contributed by atoms with Crippen molar-refractivity contribution in [1.29, 1.82) is 0 Å². The van der Waals surface area contributed by atoms with Crippen LogP contribution in [0.4, 0.5) is 5.69 Å². The molecule has 0 heterocycles. The van der Waals surface area contributed by atoms with Crippen LogP contribution in [0.25, 0.3) is 0 Å². The van der Waals surface area contributed by atoms with Crippen molar-refractivity contribution in [3.8, 4) is 5.75 Å². The van der Waals surface area contributed by atoms with Crippen LogP contribution in [0.3, 0.4) is 0 Å². The summed E-state index contributed by atoms with van der Waals surface area (Å²) in [6.07, 6.45) is 0. The number of nitro groups is 1. The van der Waals surface area contributed by atoms with Crippen molar-refractivity contribution in [3.63, 3.8) is 0 Å². The van der Waals surface area contributed by atoms with Crippen molar-refractivity contribution in [2.45, 2.75) is 13.0 Å². The van der Waals surface area contributed by atoms with Crippen LogP contribution in [0.15, 0.2) is 18.2 Å². The maximum atomic E-state index is 10.7. The third-order valence-corrected chi connectivity index (χ3v) is 2.10. The predicted molar refractivity (Wildman–Crippen MR) is 60.5 cm³/mol. The van der Waals surface area contributed by atoms with Crippen LogP contribution in [0.5, 0.6) is 5.75 Å². The van der Waals surface area contributed by atoms with Gasteiger partial charge in [-0.05, 0) is 18.6 Å². The first-order valence-corrected chi connectivity index (χ1v) is 4.84. The number of amides is 1. The van der Waals surface area contributed by atoms with Crippen molar-refractivity contribution in [2.75, 3.05) is 6.61 Å². The van der Waals surface area contributed by atoms with E-state index in [1.807, 2.05) is 0 Å². The predicted octanol–water partition coefficient (Wildman–Crippen LogP) is 0.0946. The van der Waals surface area contributed by atoms with E-state index in [4.69, 9.17) is 16.2 Å². The molecule has 0 aliphatic rings. The maximum absolute atomic E-state index is 10.7. The Morgan fingerprint density at radius 2 is 2.24 bits per heavy atom. The van der Waals surface area contributed by atoms with Gasteiger partial charge in [0.1, 0.15) is 12.6 Å². The molecule has 1 aromatic carbocycles. The number of rotatable bonds is 5. The fourth-order valence-electron chi connectivity index (χ4n) is 1.15. The molecule has 1 aromatic rings. The van der Waals surface area contributed by atoms with Gasteiger partial charge in [0.15, 0.2) is 5.75 Å². The number of benzene rings is 1. The summed E-state index contributed by atoms with van der Waals surface area (Å²) in [4.78, 5) is 20.8. The van der Waals surface area contributed by atoms with E-state index < -0.39 is 16.9 Å². The molecule has 17 heavy (non-hydrogen) atoms. The third-order valence-electron chi connectivity index (χ3n) is 2.10. The molecule has 0 saturated carbocycles. The van der Waals surface area contributed by atoms with E-state index in [-0.39, 0.29) is 18.0 Å². The highest BCUT2D eigenvalue weighted by Crippen LogP contribution is 2.27. The van der Waals surface area contributed by atoms with Gasteiger partial charge < -0.3 is 16.2 Å². The molecule has 0 aromatic heterocycles. The van der Waals surface area contributed by atoms with E-state index >= 15 is 0 Å². The number of nitrogens with zero attached hydrogens (tertiary/aromatic N) is 1. The highest BCUT2D eigenvalue weighted by Gasteiger charge is 2.17. The van der Waals surface area contributed by atoms with Gasteiger partial charge in [-0.15, -0.1) is 0 Å². The van der Waals surface area contributed by atoms with Gasteiger partial charge in [-0.1, -0.05) is 6.07 Å². The molecule has 0 bridgehead atoms. The van der Waals surface area contributed by atoms with Crippen molar-refractivity contribution in [3.05, 3.63) is 33.9 Å². The molecule has 0 spiro atoms. The second-order valence-corrected chi connectivity index (χ2v) is 3.55. The number of hydrogen-bond donors (Lipinski definition) is 2. The lowest BCUT2D eigenvalue weighted by atomic mass is 10.2. The van der Waals surface area contributed by atoms with Gasteiger partial charge in [-0.2, -0.15) is 0 Å². The Kier molecular flexibility index (Phi) is 4.00. The Bertz CT molecular complexity index is 447. The zero-order valence-corrected chi connectivity index (χ0v) is 9.25. The Hall–Kier alpha value is -2.15. The summed E-state index contributed by atoms with van der Waals surface area (Å²) in [7, 11) is 0. The summed E-state index contributed by atoms with van der Waals surface area (Å²) in [5.41, 5.74) is 10.9. The molecule has 92 valence electrons. The Morgan fingerprint density at radius 3 is 2.76 bits per heavy atom. The molecule has 4 N–H and O–H groups in total. The lowest BCUT2D eigenvalue weighted by Gasteiger charge is -2.10. The molecule has 0 aliphatic carbocycles. The lowest BCUT2D eigenvalue weighted by molar-refractivity contribution is -0.385. The minimum Gasteiger partial charge on any atom is -0.485 e. The minimum absolute atomic E-state index is 0.0756. The van der Waals surface area contributed by atoms with Crippen LogP contribution in [-0.2, 0) is 4.79 Å². The first kappa shape index (κ1) is 12.9. The highest BCUT2D eigenvalue weighted by atomic mass is 16.6. The standard InChI is InChI=1S/C10H13N3O4/c1-6-2-3-8(13(15)16)9(4-6)17-5-7(11)10(12)14/h2-4,7H,5,11H2,1H3,(H2,12,14). The Labute approximate surface area is 97.5 Å². The van der Waals surface area contributed by atoms with Crippen LogP contribution in [0, 0.1) is 17.0 Å². The number of hydrogen-bond acceptors (Lipinski definition) is 5. The number of primary amides is 1. The first-order valence-electron chi connectivity index (χ1n) is 4.84. The average molecular weight is 239 g/mol. The Morgan fingerprint density at radius 1 is 1.59 bits per heavy atom. The highest BCUT2D eigenvalue weighted by molar-refractivity contribution is 5.79. The number of carbonyl (C=O) groups excluding carboxylic acids is 1. The first-order chi connectivity index (χ1) is 7.91. The minimum atomic E-state index is -0.991. The van der Waals surface area contributed by atoms with Gasteiger partial charge in [0.05, 0.1) is 4.92 Å². The SMILES string of the molecule is Cc1ccc([N+](=O)[O-])c(OCC(N)C(N)=O)c1. The molecule has 0 fully saturated rings. The molecule has 7 heteroatoms. The van der Waals surface area contributed by atoms with Crippen LogP contribution in [0.1, 0.15) is 5.56 Å². The van der Waals surface area contributed by atoms with E-state index in [1.165, 1.54) is 12.1 Å². The molecule has 0 radical (unpaired) electrons. The summed E-state index contributed by atoms with van der Waals surface area (Å²) in [6.45, 7) is 1.57. The van der Waals surface area contributed by atoms with Crippen molar-refractivity contribution >= 4 is 11.6 Å². The summed E-state index contributed by atoms with van der Waals surface area (Å²) in [5, 5.41) is 10.7. The number of nitrogens with two attached hydrogens (primary N) is 2. The molecule has 1 rings (SSSR count). The molecule has 0 saturated heterocycles. The maximum Gasteiger partial charge on any atom is 0.310 e. The largest absolute Gasteiger partial charge is 0.485 e. The molecule has 1 atom stereocenters. The fourth-order valence-corrected chi connectivity index (χ4v) is 1.15. The van der Waals surface area contributed by atoms with Gasteiger partial charge in [-0.25, -0.2) is 0 Å². The zero-order valence-electron chi connectivity index (χ0n) is 9.25. The van der Waals surface area contributed by atoms with Crippen molar-refractivity contribution in [2.24, 2.45) is 11.5 Å².